The first kappa shape index (κ1) is 14.7. The molecule has 0 unspecified atom stereocenters. The summed E-state index contributed by atoms with van der Waals surface area (Å²) in [5.74, 6) is -1.24. The van der Waals surface area contributed by atoms with Crippen molar-refractivity contribution < 1.29 is 26.4 Å². The Hall–Kier alpha value is -1.35. The first-order valence-corrected chi connectivity index (χ1v) is 6.62. The number of pyridine rings is 1. The van der Waals surface area contributed by atoms with Gasteiger partial charge in [-0.15, -0.1) is 0 Å². The number of amides is 1. The van der Waals surface area contributed by atoms with Gasteiger partial charge in [0.25, 0.3) is 9.05 Å². The largest absolute Gasteiger partial charge is 0.433 e. The molecule has 0 aliphatic heterocycles. The van der Waals surface area contributed by atoms with Gasteiger partial charge in [0.15, 0.2) is 0 Å². The second-order valence-corrected chi connectivity index (χ2v) is 5.76. The molecule has 10 heteroatoms. The number of aromatic nitrogens is 1. The molecule has 1 heterocycles. The van der Waals surface area contributed by atoms with Crippen LogP contribution in [0, 0.1) is 0 Å². The zero-order valence-electron chi connectivity index (χ0n) is 8.75. The van der Waals surface area contributed by atoms with E-state index in [1.165, 1.54) is 0 Å². The summed E-state index contributed by atoms with van der Waals surface area (Å²) < 4.78 is 59.4. The Bertz CT molecular complexity index is 586. The van der Waals surface area contributed by atoms with Gasteiger partial charge in [0.05, 0.1) is 4.90 Å². The molecule has 0 saturated heterocycles. The number of rotatable bonds is 2. The molecular formula is C8H6ClF3N2O3S. The number of hydrogen-bond donors (Lipinski definition) is 1. The second-order valence-electron chi connectivity index (χ2n) is 3.19. The van der Waals surface area contributed by atoms with Crippen LogP contribution >= 0.6 is 10.7 Å². The number of anilines is 1. The van der Waals surface area contributed by atoms with Crippen molar-refractivity contribution in [1.82, 2.24) is 4.98 Å². The molecule has 18 heavy (non-hydrogen) atoms. The van der Waals surface area contributed by atoms with Gasteiger partial charge in [-0.1, -0.05) is 0 Å². The molecule has 0 fully saturated rings. The summed E-state index contributed by atoms with van der Waals surface area (Å²) >= 11 is 0. The molecule has 0 saturated carbocycles. The Balaban J connectivity index is 3.43. The molecule has 0 spiro atoms. The molecule has 0 aliphatic carbocycles. The van der Waals surface area contributed by atoms with Crippen LogP contribution in [0.3, 0.4) is 0 Å². The van der Waals surface area contributed by atoms with Gasteiger partial charge in [0.1, 0.15) is 11.5 Å². The fraction of sp³-hybridized carbons (Fsp3) is 0.250. The van der Waals surface area contributed by atoms with E-state index in [2.05, 4.69) is 4.98 Å². The summed E-state index contributed by atoms with van der Waals surface area (Å²) in [5.41, 5.74) is -1.46. The van der Waals surface area contributed by atoms with Crippen LogP contribution in [0.25, 0.3) is 0 Å². The lowest BCUT2D eigenvalue weighted by atomic mass is 10.3. The molecule has 1 N–H and O–H groups in total. The number of halogens is 4. The number of carbonyl (C=O) groups excluding carboxylic acids is 1. The van der Waals surface area contributed by atoms with E-state index in [0.29, 0.717) is 0 Å². The molecule has 100 valence electrons. The molecule has 1 aromatic heterocycles. The Labute approximate surface area is 104 Å². The average Bonchev–Trinajstić information content (AvgIpc) is 2.13. The number of nitrogens with one attached hydrogen (secondary N) is 1. The van der Waals surface area contributed by atoms with E-state index in [1.54, 1.807) is 0 Å². The van der Waals surface area contributed by atoms with Crippen molar-refractivity contribution in [2.75, 3.05) is 5.32 Å². The van der Waals surface area contributed by atoms with Gasteiger partial charge < -0.3 is 5.32 Å². The lowest BCUT2D eigenvalue weighted by molar-refractivity contribution is -0.141. The zero-order valence-corrected chi connectivity index (χ0v) is 10.3. The molecule has 0 radical (unpaired) electrons. The predicted octanol–water partition coefficient (Wildman–Crippen LogP) is 1.99. The molecule has 1 aromatic rings. The number of alkyl halides is 3. The maximum Gasteiger partial charge on any atom is 0.433 e. The molecule has 0 atom stereocenters. The predicted molar refractivity (Wildman–Crippen MR) is 56.6 cm³/mol. The van der Waals surface area contributed by atoms with E-state index in [1.807, 2.05) is 5.32 Å². The van der Waals surface area contributed by atoms with Gasteiger partial charge in [-0.05, 0) is 6.07 Å². The van der Waals surface area contributed by atoms with Crippen LogP contribution in [0.5, 0.6) is 0 Å². The van der Waals surface area contributed by atoms with Crippen molar-refractivity contribution >= 4 is 31.5 Å². The molecular weight excluding hydrogens is 297 g/mol. The van der Waals surface area contributed by atoms with Crippen LogP contribution in [0.2, 0.25) is 0 Å². The lowest BCUT2D eigenvalue weighted by Crippen LogP contribution is -2.14. The quantitative estimate of drug-likeness (QED) is 0.848. The fourth-order valence-electron chi connectivity index (χ4n) is 1.04. The van der Waals surface area contributed by atoms with E-state index in [4.69, 9.17) is 10.7 Å². The van der Waals surface area contributed by atoms with Crippen LogP contribution in [0.4, 0.5) is 19.0 Å². The molecule has 1 amide bonds. The Morgan fingerprint density at radius 2 is 1.94 bits per heavy atom. The van der Waals surface area contributed by atoms with E-state index in [0.717, 1.165) is 13.0 Å². The molecule has 1 rings (SSSR count). The van der Waals surface area contributed by atoms with Crippen LogP contribution in [-0.4, -0.2) is 19.3 Å². The van der Waals surface area contributed by atoms with E-state index in [-0.39, 0.29) is 6.07 Å². The summed E-state index contributed by atoms with van der Waals surface area (Å²) in [5, 5.41) is 1.96. The minimum atomic E-state index is -4.86. The van der Waals surface area contributed by atoms with E-state index < -0.39 is 37.5 Å². The Morgan fingerprint density at radius 3 is 2.33 bits per heavy atom. The summed E-state index contributed by atoms with van der Waals surface area (Å²) in [7, 11) is 0.591. The SMILES string of the molecule is CC(=O)Nc1cc(S(=O)(=O)Cl)cc(C(F)(F)F)n1. The van der Waals surface area contributed by atoms with E-state index >= 15 is 0 Å². The molecule has 0 aromatic carbocycles. The summed E-state index contributed by atoms with van der Waals surface area (Å²) in [6.07, 6.45) is -4.86. The normalized spacial score (nSPS) is 12.3. The monoisotopic (exact) mass is 302 g/mol. The van der Waals surface area contributed by atoms with Crippen molar-refractivity contribution in [2.45, 2.75) is 18.0 Å². The van der Waals surface area contributed by atoms with Crippen molar-refractivity contribution in [3.8, 4) is 0 Å². The van der Waals surface area contributed by atoms with Crippen molar-refractivity contribution in [3.63, 3.8) is 0 Å². The first-order valence-electron chi connectivity index (χ1n) is 4.31. The standard InChI is InChI=1S/C8H6ClF3N2O3S/c1-4(15)13-7-3-5(18(9,16)17)2-6(14-7)8(10,11)12/h2-3H,1H3,(H,13,14,15). The number of carbonyl (C=O) groups is 1. The Morgan fingerprint density at radius 1 is 1.39 bits per heavy atom. The number of nitrogens with zero attached hydrogens (tertiary/aromatic N) is 1. The topological polar surface area (TPSA) is 76.1 Å². The van der Waals surface area contributed by atoms with Crippen molar-refractivity contribution in [3.05, 3.63) is 17.8 Å². The van der Waals surface area contributed by atoms with Gasteiger partial charge in [0.2, 0.25) is 5.91 Å². The third-order valence-corrected chi connectivity index (χ3v) is 3.01. The minimum Gasteiger partial charge on any atom is -0.311 e. The summed E-state index contributed by atoms with van der Waals surface area (Å²) in [6, 6.07) is 1.02. The summed E-state index contributed by atoms with van der Waals surface area (Å²) in [6.45, 7) is 1.04. The molecule has 5 nitrogen and oxygen atoms in total. The lowest BCUT2D eigenvalue weighted by Gasteiger charge is -2.09. The van der Waals surface area contributed by atoms with E-state index in [9.17, 15) is 26.4 Å². The molecule has 0 aliphatic rings. The van der Waals surface area contributed by atoms with Gasteiger partial charge in [-0.25, -0.2) is 13.4 Å². The highest BCUT2D eigenvalue weighted by molar-refractivity contribution is 8.13. The van der Waals surface area contributed by atoms with Crippen LogP contribution in [-0.2, 0) is 20.0 Å². The number of hydrogen-bond acceptors (Lipinski definition) is 4. The van der Waals surface area contributed by atoms with Crippen molar-refractivity contribution in [1.29, 1.82) is 0 Å². The maximum atomic E-state index is 12.5. The van der Waals surface area contributed by atoms with Gasteiger partial charge in [-0.2, -0.15) is 13.2 Å². The van der Waals surface area contributed by atoms with Crippen LogP contribution in [0.15, 0.2) is 17.0 Å². The minimum absolute atomic E-state index is 0.285. The Kier molecular flexibility index (Phi) is 3.86. The highest BCUT2D eigenvalue weighted by atomic mass is 35.7. The third-order valence-electron chi connectivity index (χ3n) is 1.67. The fourth-order valence-corrected chi connectivity index (χ4v) is 1.81. The zero-order chi connectivity index (χ0) is 14.1. The van der Waals surface area contributed by atoms with Crippen LogP contribution in [0.1, 0.15) is 12.6 Å². The maximum absolute atomic E-state index is 12.5. The summed E-state index contributed by atoms with van der Waals surface area (Å²) in [4.78, 5) is 13.0. The van der Waals surface area contributed by atoms with Gasteiger partial charge in [0, 0.05) is 23.7 Å². The van der Waals surface area contributed by atoms with Crippen LogP contribution < -0.4 is 5.32 Å². The van der Waals surface area contributed by atoms with Gasteiger partial charge >= 0.3 is 6.18 Å². The van der Waals surface area contributed by atoms with Gasteiger partial charge in [-0.3, -0.25) is 4.79 Å². The first-order chi connectivity index (χ1) is 8.00. The third kappa shape index (κ3) is 3.84. The smallest absolute Gasteiger partial charge is 0.311 e. The van der Waals surface area contributed by atoms with Crippen molar-refractivity contribution in [2.24, 2.45) is 0 Å². The second kappa shape index (κ2) is 4.73. The molecule has 0 bridgehead atoms. The highest BCUT2D eigenvalue weighted by Crippen LogP contribution is 2.31. The average molecular weight is 303 g/mol. The highest BCUT2D eigenvalue weighted by Gasteiger charge is 2.34.